The van der Waals surface area contributed by atoms with Crippen molar-refractivity contribution in [1.29, 1.82) is 0 Å². The highest BCUT2D eigenvalue weighted by molar-refractivity contribution is 9.10. The number of carbonyl (C=O) groups excluding carboxylic acids is 2. The highest BCUT2D eigenvalue weighted by Crippen LogP contribution is 2.19. The zero-order chi connectivity index (χ0) is 14.7. The minimum atomic E-state index is -0.592. The maximum atomic E-state index is 12.2. The van der Waals surface area contributed by atoms with Gasteiger partial charge in [-0.15, -0.1) is 0 Å². The van der Waals surface area contributed by atoms with E-state index in [0.717, 1.165) is 12.8 Å². The van der Waals surface area contributed by atoms with Gasteiger partial charge in [0.15, 0.2) is 0 Å². The lowest BCUT2D eigenvalue weighted by Gasteiger charge is -2.17. The van der Waals surface area contributed by atoms with E-state index in [-0.39, 0.29) is 21.5 Å². The van der Waals surface area contributed by atoms with Gasteiger partial charge >= 0.3 is 5.97 Å². The number of pyridine rings is 1. The molecule has 1 aromatic rings. The van der Waals surface area contributed by atoms with E-state index in [1.54, 1.807) is 0 Å². The Kier molecular flexibility index (Phi) is 4.59. The molecular weight excluding hydrogens is 328 g/mol. The average molecular weight is 343 g/mol. The lowest BCUT2D eigenvalue weighted by Crippen LogP contribution is -2.36. The van der Waals surface area contributed by atoms with Crippen LogP contribution in [0.4, 0.5) is 0 Å². The van der Waals surface area contributed by atoms with Crippen LogP contribution in [-0.2, 0) is 9.53 Å². The van der Waals surface area contributed by atoms with Crippen LogP contribution in [0.15, 0.2) is 21.5 Å². The van der Waals surface area contributed by atoms with Crippen molar-refractivity contribution >= 4 is 27.8 Å². The van der Waals surface area contributed by atoms with Gasteiger partial charge in [0.25, 0.3) is 5.56 Å². The number of hydrogen-bond acceptors (Lipinski definition) is 4. The van der Waals surface area contributed by atoms with Crippen molar-refractivity contribution in [2.24, 2.45) is 0 Å². The SMILES string of the molecule is COC(=O)c1cc(Br)c(=O)n(C2CCCCNC2=O)c1. The van der Waals surface area contributed by atoms with Gasteiger partial charge in [-0.2, -0.15) is 0 Å². The van der Waals surface area contributed by atoms with Gasteiger partial charge in [0.1, 0.15) is 6.04 Å². The van der Waals surface area contributed by atoms with Gasteiger partial charge in [0.2, 0.25) is 5.91 Å². The summed E-state index contributed by atoms with van der Waals surface area (Å²) < 4.78 is 6.19. The van der Waals surface area contributed by atoms with E-state index in [1.165, 1.54) is 23.9 Å². The van der Waals surface area contributed by atoms with E-state index in [2.05, 4.69) is 26.0 Å². The normalized spacial score (nSPS) is 19.1. The van der Waals surface area contributed by atoms with Crippen LogP contribution in [0.2, 0.25) is 0 Å². The van der Waals surface area contributed by atoms with Gasteiger partial charge < -0.3 is 14.6 Å². The summed E-state index contributed by atoms with van der Waals surface area (Å²) in [5.74, 6) is -0.744. The number of methoxy groups -OCH3 is 1. The van der Waals surface area contributed by atoms with Crippen molar-refractivity contribution in [2.45, 2.75) is 25.3 Å². The van der Waals surface area contributed by atoms with E-state index in [4.69, 9.17) is 0 Å². The number of nitrogens with zero attached hydrogens (tertiary/aromatic N) is 1. The fourth-order valence-electron chi connectivity index (χ4n) is 2.22. The zero-order valence-corrected chi connectivity index (χ0v) is 12.6. The van der Waals surface area contributed by atoms with Gasteiger partial charge in [0.05, 0.1) is 17.1 Å². The van der Waals surface area contributed by atoms with Crippen LogP contribution in [0.25, 0.3) is 0 Å². The monoisotopic (exact) mass is 342 g/mol. The Balaban J connectivity index is 2.48. The average Bonchev–Trinajstić information content (AvgIpc) is 2.65. The molecule has 1 saturated heterocycles. The predicted octanol–water partition coefficient (Wildman–Crippen LogP) is 1.24. The maximum Gasteiger partial charge on any atom is 0.339 e. The molecule has 1 amide bonds. The summed E-state index contributed by atoms with van der Waals surface area (Å²) in [5, 5.41) is 2.77. The lowest BCUT2D eigenvalue weighted by molar-refractivity contribution is -0.124. The summed E-state index contributed by atoms with van der Waals surface area (Å²) in [6, 6.07) is 0.810. The first-order chi connectivity index (χ1) is 9.54. The number of ether oxygens (including phenoxy) is 1. The zero-order valence-electron chi connectivity index (χ0n) is 11.0. The first kappa shape index (κ1) is 14.8. The number of halogens is 1. The third kappa shape index (κ3) is 2.92. The Morgan fingerprint density at radius 2 is 2.20 bits per heavy atom. The van der Waals surface area contributed by atoms with Crippen molar-refractivity contribution in [1.82, 2.24) is 9.88 Å². The summed E-state index contributed by atoms with van der Waals surface area (Å²) in [6.45, 7) is 0.613. The van der Waals surface area contributed by atoms with E-state index < -0.39 is 12.0 Å². The molecule has 1 unspecified atom stereocenters. The summed E-state index contributed by atoms with van der Waals surface area (Å²) in [7, 11) is 1.27. The largest absolute Gasteiger partial charge is 0.465 e. The van der Waals surface area contributed by atoms with E-state index in [9.17, 15) is 14.4 Å². The second kappa shape index (κ2) is 6.21. The topological polar surface area (TPSA) is 77.4 Å². The van der Waals surface area contributed by atoms with Crippen LogP contribution in [0, 0.1) is 0 Å². The minimum Gasteiger partial charge on any atom is -0.465 e. The summed E-state index contributed by atoms with van der Waals surface area (Å²) in [6.07, 6.45) is 3.68. The molecule has 1 aliphatic rings. The third-order valence-electron chi connectivity index (χ3n) is 3.26. The van der Waals surface area contributed by atoms with Crippen molar-refractivity contribution in [3.63, 3.8) is 0 Å². The molecule has 0 aliphatic carbocycles. The first-order valence-corrected chi connectivity index (χ1v) is 7.11. The molecule has 1 aromatic heterocycles. The van der Waals surface area contributed by atoms with Gasteiger partial charge in [0, 0.05) is 12.7 Å². The minimum absolute atomic E-state index is 0.196. The number of hydrogen-bond donors (Lipinski definition) is 1. The molecular formula is C13H15BrN2O4. The fourth-order valence-corrected chi connectivity index (χ4v) is 2.67. The molecule has 0 saturated carbocycles. The number of esters is 1. The highest BCUT2D eigenvalue weighted by atomic mass is 79.9. The predicted molar refractivity (Wildman–Crippen MR) is 75.6 cm³/mol. The molecule has 1 aliphatic heterocycles. The van der Waals surface area contributed by atoms with Crippen molar-refractivity contribution < 1.29 is 14.3 Å². The smallest absolute Gasteiger partial charge is 0.339 e. The van der Waals surface area contributed by atoms with Gasteiger partial charge in [-0.3, -0.25) is 9.59 Å². The molecule has 20 heavy (non-hydrogen) atoms. The number of aromatic nitrogens is 1. The second-order valence-electron chi connectivity index (χ2n) is 4.58. The van der Waals surface area contributed by atoms with E-state index in [0.29, 0.717) is 13.0 Å². The fraction of sp³-hybridized carbons (Fsp3) is 0.462. The molecule has 2 heterocycles. The second-order valence-corrected chi connectivity index (χ2v) is 5.44. The molecule has 0 bridgehead atoms. The molecule has 108 valence electrons. The Bertz CT molecular complexity index is 597. The van der Waals surface area contributed by atoms with Crippen LogP contribution in [-0.4, -0.2) is 30.1 Å². The Morgan fingerprint density at radius 1 is 1.45 bits per heavy atom. The third-order valence-corrected chi connectivity index (χ3v) is 3.83. The molecule has 6 nitrogen and oxygen atoms in total. The lowest BCUT2D eigenvalue weighted by atomic mass is 10.1. The Labute approximate surface area is 124 Å². The molecule has 1 atom stereocenters. The van der Waals surface area contributed by atoms with E-state index >= 15 is 0 Å². The van der Waals surface area contributed by atoms with Gasteiger partial charge in [-0.1, -0.05) is 0 Å². The van der Waals surface area contributed by atoms with Crippen LogP contribution in [0.5, 0.6) is 0 Å². The van der Waals surface area contributed by atoms with E-state index in [1.807, 2.05) is 0 Å². The van der Waals surface area contributed by atoms with Gasteiger partial charge in [-0.05, 0) is 41.3 Å². The quantitative estimate of drug-likeness (QED) is 0.820. The standard InChI is InChI=1S/C13H15BrN2O4/c1-20-13(19)8-6-9(14)12(18)16(7-8)10-4-2-3-5-15-11(10)17/h6-7,10H,2-5H2,1H3,(H,15,17). The molecule has 0 aromatic carbocycles. The molecule has 1 N–H and O–H groups in total. The Morgan fingerprint density at radius 3 is 2.90 bits per heavy atom. The summed E-state index contributed by atoms with van der Waals surface area (Å²) in [4.78, 5) is 35.8. The highest BCUT2D eigenvalue weighted by Gasteiger charge is 2.25. The molecule has 1 fully saturated rings. The Hall–Kier alpha value is -1.63. The van der Waals surface area contributed by atoms with Gasteiger partial charge in [-0.25, -0.2) is 4.79 Å². The number of nitrogens with one attached hydrogen (secondary N) is 1. The van der Waals surface area contributed by atoms with Crippen LogP contribution >= 0.6 is 15.9 Å². The van der Waals surface area contributed by atoms with Crippen molar-refractivity contribution in [2.75, 3.05) is 13.7 Å². The number of amides is 1. The first-order valence-electron chi connectivity index (χ1n) is 6.32. The van der Waals surface area contributed by atoms with Crippen molar-refractivity contribution in [3.05, 3.63) is 32.7 Å². The summed E-state index contributed by atoms with van der Waals surface area (Å²) >= 11 is 3.13. The van der Waals surface area contributed by atoms with Crippen LogP contribution in [0.3, 0.4) is 0 Å². The van der Waals surface area contributed by atoms with Crippen molar-refractivity contribution in [3.8, 4) is 0 Å². The van der Waals surface area contributed by atoms with Crippen LogP contribution in [0.1, 0.15) is 35.7 Å². The molecule has 2 rings (SSSR count). The molecule has 0 spiro atoms. The van der Waals surface area contributed by atoms with Crippen LogP contribution < -0.4 is 10.9 Å². The maximum absolute atomic E-state index is 12.2. The summed E-state index contributed by atoms with van der Waals surface area (Å²) in [5.41, 5.74) is -0.101. The molecule has 0 radical (unpaired) electrons. The number of rotatable bonds is 2. The number of carbonyl (C=O) groups is 2. The molecule has 7 heteroatoms.